The summed E-state index contributed by atoms with van der Waals surface area (Å²) in [5.41, 5.74) is 0.759. The van der Waals surface area contributed by atoms with E-state index >= 15 is 0 Å². The van der Waals surface area contributed by atoms with Crippen LogP contribution in [0.4, 0.5) is 10.5 Å². The van der Waals surface area contributed by atoms with Crippen LogP contribution >= 0.6 is 11.3 Å². The number of fused-ring (bicyclic) bond motifs is 1. The molecular formula is C14H14N6O3S. The zero-order chi connectivity index (χ0) is 17.1. The minimum Gasteiger partial charge on any atom is -0.479 e. The second-order valence-corrected chi connectivity index (χ2v) is 5.80. The van der Waals surface area contributed by atoms with Crippen LogP contribution in [0.1, 0.15) is 5.82 Å². The summed E-state index contributed by atoms with van der Waals surface area (Å²) in [6.45, 7) is 0.142. The molecule has 0 aromatic carbocycles. The standard InChI is InChI=1S/C14H14N6O3S/c1-20(14(22)18-9-5-15-7-16-13(9)23-2)6-10-17-8-3-4-24-11(8)12(21)19-10/h3-5,7H,6H2,1-2H3,(H,18,22)(H,17,19,21). The monoisotopic (exact) mass is 346 g/mol. The van der Waals surface area contributed by atoms with E-state index in [9.17, 15) is 9.59 Å². The van der Waals surface area contributed by atoms with Gasteiger partial charge in [0.1, 0.15) is 22.5 Å². The SMILES string of the molecule is COc1ncncc1NC(=O)N(C)Cc1nc2ccsc2c(=O)[nH]1. The fraction of sp³-hybridized carbons (Fsp3) is 0.214. The summed E-state index contributed by atoms with van der Waals surface area (Å²) >= 11 is 1.33. The van der Waals surface area contributed by atoms with Crippen LogP contribution in [-0.4, -0.2) is 45.0 Å². The van der Waals surface area contributed by atoms with Gasteiger partial charge in [-0.15, -0.1) is 11.3 Å². The van der Waals surface area contributed by atoms with E-state index < -0.39 is 6.03 Å². The summed E-state index contributed by atoms with van der Waals surface area (Å²) in [5, 5.41) is 4.45. The average Bonchev–Trinajstić information content (AvgIpc) is 3.04. The molecule has 0 aliphatic heterocycles. The lowest BCUT2D eigenvalue weighted by Gasteiger charge is -2.17. The van der Waals surface area contributed by atoms with Crippen LogP contribution in [0.5, 0.6) is 5.88 Å². The van der Waals surface area contributed by atoms with Crippen molar-refractivity contribution in [3.05, 3.63) is 40.1 Å². The number of nitrogens with zero attached hydrogens (tertiary/aromatic N) is 4. The fourth-order valence-electron chi connectivity index (χ4n) is 2.07. The van der Waals surface area contributed by atoms with Gasteiger partial charge in [-0.1, -0.05) is 0 Å². The molecule has 3 aromatic heterocycles. The second-order valence-electron chi connectivity index (χ2n) is 4.88. The minimum absolute atomic E-state index is 0.142. The number of hydrogen-bond acceptors (Lipinski definition) is 7. The maximum atomic E-state index is 12.3. The average molecular weight is 346 g/mol. The highest BCUT2D eigenvalue weighted by molar-refractivity contribution is 7.17. The number of hydrogen-bond donors (Lipinski definition) is 2. The zero-order valence-electron chi connectivity index (χ0n) is 12.9. The van der Waals surface area contributed by atoms with E-state index in [1.807, 2.05) is 0 Å². The molecular weight excluding hydrogens is 332 g/mol. The number of ether oxygens (including phenoxy) is 1. The van der Waals surface area contributed by atoms with Gasteiger partial charge in [0.25, 0.3) is 5.56 Å². The Morgan fingerprint density at radius 2 is 2.33 bits per heavy atom. The Labute approximate surface area is 140 Å². The predicted octanol–water partition coefficient (Wildman–Crippen LogP) is 1.45. The molecule has 2 N–H and O–H groups in total. The molecule has 0 atom stereocenters. The Hall–Kier alpha value is -3.01. The largest absolute Gasteiger partial charge is 0.479 e. The van der Waals surface area contributed by atoms with Crippen LogP contribution in [0.2, 0.25) is 0 Å². The summed E-state index contributed by atoms with van der Waals surface area (Å²) in [5.74, 6) is 0.665. The van der Waals surface area contributed by atoms with Crippen LogP contribution in [0.3, 0.4) is 0 Å². The van der Waals surface area contributed by atoms with E-state index in [-0.39, 0.29) is 18.0 Å². The van der Waals surface area contributed by atoms with Crippen molar-refractivity contribution in [2.75, 3.05) is 19.5 Å². The number of nitrogens with one attached hydrogen (secondary N) is 2. The van der Waals surface area contributed by atoms with E-state index in [2.05, 4.69) is 25.3 Å². The van der Waals surface area contributed by atoms with E-state index in [1.54, 1.807) is 18.5 Å². The molecule has 0 saturated carbocycles. The highest BCUT2D eigenvalue weighted by atomic mass is 32.1. The Morgan fingerprint density at radius 1 is 1.50 bits per heavy atom. The maximum absolute atomic E-state index is 12.3. The van der Waals surface area contributed by atoms with Gasteiger partial charge in [-0.05, 0) is 11.4 Å². The van der Waals surface area contributed by atoms with Crippen molar-refractivity contribution in [3.8, 4) is 5.88 Å². The Bertz CT molecular complexity index is 937. The molecule has 0 spiro atoms. The van der Waals surface area contributed by atoms with Gasteiger partial charge in [0, 0.05) is 7.05 Å². The number of anilines is 1. The number of H-pyrrole nitrogens is 1. The molecule has 0 bridgehead atoms. The topological polar surface area (TPSA) is 113 Å². The molecule has 0 aliphatic rings. The highest BCUT2D eigenvalue weighted by Crippen LogP contribution is 2.19. The molecule has 24 heavy (non-hydrogen) atoms. The molecule has 0 saturated heterocycles. The number of amides is 2. The second kappa shape index (κ2) is 6.62. The van der Waals surface area contributed by atoms with Crippen molar-refractivity contribution in [2.45, 2.75) is 6.54 Å². The first-order valence-electron chi connectivity index (χ1n) is 6.91. The van der Waals surface area contributed by atoms with Gasteiger partial charge in [-0.2, -0.15) is 4.98 Å². The number of urea groups is 1. The lowest BCUT2D eigenvalue weighted by atomic mass is 10.4. The third-order valence-electron chi connectivity index (χ3n) is 3.21. The number of thiophene rings is 1. The lowest BCUT2D eigenvalue weighted by Crippen LogP contribution is -2.32. The summed E-state index contributed by atoms with van der Waals surface area (Å²) in [4.78, 5) is 40.4. The van der Waals surface area contributed by atoms with Gasteiger partial charge < -0.3 is 19.9 Å². The first-order valence-corrected chi connectivity index (χ1v) is 7.79. The molecule has 3 rings (SSSR count). The van der Waals surface area contributed by atoms with Crippen LogP contribution in [0.15, 0.2) is 28.8 Å². The van der Waals surface area contributed by atoms with Gasteiger partial charge >= 0.3 is 6.03 Å². The molecule has 3 heterocycles. The molecule has 10 heteroatoms. The van der Waals surface area contributed by atoms with Crippen molar-refractivity contribution in [2.24, 2.45) is 0 Å². The number of rotatable bonds is 4. The summed E-state index contributed by atoms with van der Waals surface area (Å²) in [7, 11) is 3.04. The van der Waals surface area contributed by atoms with Crippen molar-refractivity contribution >= 4 is 33.3 Å². The van der Waals surface area contributed by atoms with Crippen molar-refractivity contribution < 1.29 is 9.53 Å². The number of carbonyl (C=O) groups is 1. The van der Waals surface area contributed by atoms with E-state index in [1.165, 1.54) is 35.9 Å². The molecule has 2 amide bonds. The third-order valence-corrected chi connectivity index (χ3v) is 4.11. The van der Waals surface area contributed by atoms with Crippen LogP contribution in [0.25, 0.3) is 10.2 Å². The van der Waals surface area contributed by atoms with Gasteiger partial charge in [-0.25, -0.2) is 14.8 Å². The molecule has 0 radical (unpaired) electrons. The summed E-state index contributed by atoms with van der Waals surface area (Å²) in [6.07, 6.45) is 2.76. The fourth-order valence-corrected chi connectivity index (χ4v) is 2.80. The molecule has 3 aromatic rings. The lowest BCUT2D eigenvalue weighted by molar-refractivity contribution is 0.219. The third kappa shape index (κ3) is 3.18. The maximum Gasteiger partial charge on any atom is 0.322 e. The van der Waals surface area contributed by atoms with E-state index in [0.717, 1.165) is 0 Å². The van der Waals surface area contributed by atoms with Gasteiger partial charge in [0.15, 0.2) is 0 Å². The first-order chi connectivity index (χ1) is 11.6. The number of aromatic amines is 1. The molecule has 0 unspecified atom stereocenters. The minimum atomic E-state index is -0.406. The highest BCUT2D eigenvalue weighted by Gasteiger charge is 2.15. The first kappa shape index (κ1) is 15.9. The summed E-state index contributed by atoms with van der Waals surface area (Å²) < 4.78 is 5.62. The van der Waals surface area contributed by atoms with Crippen molar-refractivity contribution in [3.63, 3.8) is 0 Å². The smallest absolute Gasteiger partial charge is 0.322 e. The molecule has 124 valence electrons. The molecule has 0 aliphatic carbocycles. The quantitative estimate of drug-likeness (QED) is 0.739. The van der Waals surface area contributed by atoms with Crippen molar-refractivity contribution in [1.29, 1.82) is 0 Å². The molecule has 9 nitrogen and oxygen atoms in total. The zero-order valence-corrected chi connectivity index (χ0v) is 13.8. The van der Waals surface area contributed by atoms with Gasteiger partial charge in [0.2, 0.25) is 5.88 Å². The van der Waals surface area contributed by atoms with Crippen molar-refractivity contribution in [1.82, 2.24) is 24.8 Å². The van der Waals surface area contributed by atoms with E-state index in [0.29, 0.717) is 21.7 Å². The number of aromatic nitrogens is 4. The van der Waals surface area contributed by atoms with Crippen LogP contribution < -0.4 is 15.6 Å². The normalized spacial score (nSPS) is 10.6. The number of methoxy groups -OCH3 is 1. The van der Waals surface area contributed by atoms with Gasteiger partial charge in [0.05, 0.1) is 25.4 Å². The van der Waals surface area contributed by atoms with Gasteiger partial charge in [-0.3, -0.25) is 4.79 Å². The Morgan fingerprint density at radius 3 is 3.12 bits per heavy atom. The van der Waals surface area contributed by atoms with Crippen LogP contribution in [0, 0.1) is 0 Å². The Balaban J connectivity index is 1.74. The number of carbonyl (C=O) groups excluding carboxylic acids is 1. The Kier molecular flexibility index (Phi) is 4.38. The van der Waals surface area contributed by atoms with E-state index in [4.69, 9.17) is 4.74 Å². The predicted molar refractivity (Wildman–Crippen MR) is 89.3 cm³/mol. The van der Waals surface area contributed by atoms with Crippen LogP contribution in [-0.2, 0) is 6.54 Å². The summed E-state index contributed by atoms with van der Waals surface area (Å²) in [6, 6.07) is 1.36. The molecule has 0 fully saturated rings.